The largest absolute Gasteiger partial charge is 0.493 e. The summed E-state index contributed by atoms with van der Waals surface area (Å²) in [6, 6.07) is 14.3. The van der Waals surface area contributed by atoms with Gasteiger partial charge < -0.3 is 19.3 Å². The molecule has 0 N–H and O–H groups in total. The second-order valence-corrected chi connectivity index (χ2v) is 8.10. The molecule has 9 heteroatoms. The molecule has 3 aromatic rings. The first-order valence-electron chi connectivity index (χ1n) is 11.0. The Morgan fingerprint density at radius 1 is 0.882 bits per heavy atom. The first-order chi connectivity index (χ1) is 16.4. The molecule has 1 saturated heterocycles. The van der Waals surface area contributed by atoms with Crippen molar-refractivity contribution in [1.82, 2.24) is 14.0 Å². The van der Waals surface area contributed by atoms with Crippen LogP contribution in [0, 0.1) is 6.92 Å². The molecular formula is C25H28N4O5. The second-order valence-electron chi connectivity index (χ2n) is 8.10. The Balaban J connectivity index is 1.59. The molecule has 2 heterocycles. The highest BCUT2D eigenvalue weighted by atomic mass is 16.5. The molecule has 0 spiro atoms. The van der Waals surface area contributed by atoms with Crippen LogP contribution >= 0.6 is 0 Å². The number of amides is 1. The Morgan fingerprint density at radius 3 is 2.15 bits per heavy atom. The van der Waals surface area contributed by atoms with Crippen LogP contribution in [0.25, 0.3) is 5.69 Å². The fourth-order valence-electron chi connectivity index (χ4n) is 4.33. The van der Waals surface area contributed by atoms with Gasteiger partial charge >= 0.3 is 5.69 Å². The van der Waals surface area contributed by atoms with Gasteiger partial charge in [0.25, 0.3) is 11.5 Å². The summed E-state index contributed by atoms with van der Waals surface area (Å²) < 4.78 is 13.3. The number of benzene rings is 2. The minimum absolute atomic E-state index is 0.112. The maximum absolute atomic E-state index is 13.1. The molecule has 1 amide bonds. The van der Waals surface area contributed by atoms with Crippen LogP contribution in [0.2, 0.25) is 0 Å². The average molecular weight is 465 g/mol. The normalized spacial score (nSPS) is 13.6. The third-order valence-electron chi connectivity index (χ3n) is 6.19. The van der Waals surface area contributed by atoms with Crippen molar-refractivity contribution in [2.45, 2.75) is 6.92 Å². The number of carbonyl (C=O) groups is 1. The molecule has 1 aliphatic heterocycles. The molecular weight excluding hydrogens is 436 g/mol. The lowest BCUT2D eigenvalue weighted by Crippen LogP contribution is -2.52. The van der Waals surface area contributed by atoms with Crippen LogP contribution in [0.15, 0.2) is 58.1 Å². The lowest BCUT2D eigenvalue weighted by atomic mass is 10.1. The highest BCUT2D eigenvalue weighted by Crippen LogP contribution is 2.28. The van der Waals surface area contributed by atoms with Gasteiger partial charge in [0.1, 0.15) is 5.69 Å². The number of ether oxygens (including phenoxy) is 2. The van der Waals surface area contributed by atoms with Crippen LogP contribution in [-0.2, 0) is 7.05 Å². The Kier molecular flexibility index (Phi) is 6.45. The summed E-state index contributed by atoms with van der Waals surface area (Å²) in [6.45, 7) is 3.62. The Labute approximate surface area is 197 Å². The quantitative estimate of drug-likeness (QED) is 0.573. The Morgan fingerprint density at radius 2 is 1.53 bits per heavy atom. The summed E-state index contributed by atoms with van der Waals surface area (Å²) in [5.74, 6) is 0.942. The molecule has 1 fully saturated rings. The number of piperazine rings is 1. The number of carbonyl (C=O) groups excluding carboxylic acids is 1. The molecule has 9 nitrogen and oxygen atoms in total. The number of para-hydroxylation sites is 1. The maximum Gasteiger partial charge on any atom is 0.335 e. The van der Waals surface area contributed by atoms with Crippen molar-refractivity contribution in [3.63, 3.8) is 0 Å². The van der Waals surface area contributed by atoms with Gasteiger partial charge in [0, 0.05) is 38.8 Å². The number of hydrogen-bond acceptors (Lipinski definition) is 6. The minimum atomic E-state index is -0.389. The van der Waals surface area contributed by atoms with Crippen molar-refractivity contribution in [2.24, 2.45) is 7.05 Å². The number of anilines is 1. The van der Waals surface area contributed by atoms with E-state index in [0.717, 1.165) is 4.57 Å². The van der Waals surface area contributed by atoms with E-state index in [1.807, 2.05) is 35.2 Å². The van der Waals surface area contributed by atoms with Gasteiger partial charge in [0.2, 0.25) is 0 Å². The molecule has 178 valence electrons. The van der Waals surface area contributed by atoms with Crippen LogP contribution in [0.4, 0.5) is 5.69 Å². The van der Waals surface area contributed by atoms with Crippen LogP contribution < -0.4 is 25.6 Å². The zero-order valence-electron chi connectivity index (χ0n) is 19.8. The van der Waals surface area contributed by atoms with Crippen molar-refractivity contribution in [3.05, 3.63) is 80.6 Å². The van der Waals surface area contributed by atoms with E-state index in [2.05, 4.69) is 0 Å². The number of rotatable bonds is 5. The lowest BCUT2D eigenvalue weighted by molar-refractivity contribution is 0.0746. The minimum Gasteiger partial charge on any atom is -0.493 e. The topological polar surface area (TPSA) is 86.0 Å². The standard InChI is InChI=1S/C25H28N4O5/c1-17-22(24(31)26(2)25(32)29(17)19-8-6-5-7-9-19)27-12-14-28(15-13-27)23(30)18-10-11-20(33-3)21(16-18)34-4/h5-11,16H,12-15H2,1-4H3. The van der Waals surface area contributed by atoms with E-state index < -0.39 is 0 Å². The molecule has 0 unspecified atom stereocenters. The zero-order chi connectivity index (χ0) is 24.4. The second kappa shape index (κ2) is 9.46. The smallest absolute Gasteiger partial charge is 0.335 e. The van der Waals surface area contributed by atoms with Gasteiger partial charge in [-0.05, 0) is 37.3 Å². The van der Waals surface area contributed by atoms with Crippen molar-refractivity contribution < 1.29 is 14.3 Å². The van der Waals surface area contributed by atoms with Crippen molar-refractivity contribution in [2.75, 3.05) is 45.3 Å². The summed E-state index contributed by atoms with van der Waals surface area (Å²) in [7, 11) is 4.57. The third kappa shape index (κ3) is 4.05. The van der Waals surface area contributed by atoms with Crippen LogP contribution in [-0.4, -0.2) is 60.3 Å². The summed E-state index contributed by atoms with van der Waals surface area (Å²) in [5.41, 5.74) is 1.54. The molecule has 0 aliphatic carbocycles. The van der Waals surface area contributed by atoms with Crippen LogP contribution in [0.3, 0.4) is 0 Å². The summed E-state index contributed by atoms with van der Waals surface area (Å²) in [4.78, 5) is 42.7. The van der Waals surface area contributed by atoms with Crippen LogP contribution in [0.5, 0.6) is 11.5 Å². The van der Waals surface area contributed by atoms with E-state index >= 15 is 0 Å². The molecule has 2 aromatic carbocycles. The summed E-state index contributed by atoms with van der Waals surface area (Å²) in [6.07, 6.45) is 0. The summed E-state index contributed by atoms with van der Waals surface area (Å²) in [5, 5.41) is 0. The monoisotopic (exact) mass is 464 g/mol. The first kappa shape index (κ1) is 23.2. The Bertz CT molecular complexity index is 1320. The number of methoxy groups -OCH3 is 2. The molecule has 0 radical (unpaired) electrons. The number of aromatic nitrogens is 2. The van der Waals surface area contributed by atoms with E-state index in [9.17, 15) is 14.4 Å². The third-order valence-corrected chi connectivity index (χ3v) is 6.19. The van der Waals surface area contributed by atoms with Crippen molar-refractivity contribution >= 4 is 11.6 Å². The van der Waals surface area contributed by atoms with E-state index in [1.165, 1.54) is 14.2 Å². The van der Waals surface area contributed by atoms with Gasteiger partial charge in [0.05, 0.1) is 25.6 Å². The van der Waals surface area contributed by atoms with Gasteiger partial charge in [-0.15, -0.1) is 0 Å². The predicted octanol–water partition coefficient (Wildman–Crippen LogP) is 1.82. The van der Waals surface area contributed by atoms with E-state index in [1.54, 1.807) is 41.7 Å². The predicted molar refractivity (Wildman–Crippen MR) is 130 cm³/mol. The van der Waals surface area contributed by atoms with E-state index in [-0.39, 0.29) is 17.2 Å². The maximum atomic E-state index is 13.1. The highest BCUT2D eigenvalue weighted by Gasteiger charge is 2.27. The van der Waals surface area contributed by atoms with E-state index in [0.29, 0.717) is 60.3 Å². The molecule has 0 saturated carbocycles. The molecule has 0 atom stereocenters. The van der Waals surface area contributed by atoms with Crippen molar-refractivity contribution in [1.29, 1.82) is 0 Å². The summed E-state index contributed by atoms with van der Waals surface area (Å²) >= 11 is 0. The van der Waals surface area contributed by atoms with Gasteiger partial charge in [-0.25, -0.2) is 4.79 Å². The van der Waals surface area contributed by atoms with Crippen molar-refractivity contribution in [3.8, 4) is 17.2 Å². The van der Waals surface area contributed by atoms with Gasteiger partial charge in [-0.2, -0.15) is 0 Å². The number of hydrogen-bond donors (Lipinski definition) is 0. The van der Waals surface area contributed by atoms with E-state index in [4.69, 9.17) is 9.47 Å². The fourth-order valence-corrected chi connectivity index (χ4v) is 4.33. The lowest BCUT2D eigenvalue weighted by Gasteiger charge is -2.36. The fraction of sp³-hybridized carbons (Fsp3) is 0.320. The highest BCUT2D eigenvalue weighted by molar-refractivity contribution is 5.95. The SMILES string of the molecule is COc1ccc(C(=O)N2CCN(c3c(C)n(-c4ccccc4)c(=O)n(C)c3=O)CC2)cc1OC. The molecule has 1 aromatic heterocycles. The zero-order valence-corrected chi connectivity index (χ0v) is 19.8. The average Bonchev–Trinajstić information content (AvgIpc) is 2.87. The van der Waals surface area contributed by atoms with Gasteiger partial charge in [-0.3, -0.25) is 18.7 Å². The molecule has 1 aliphatic rings. The molecule has 4 rings (SSSR count). The van der Waals surface area contributed by atoms with Gasteiger partial charge in [0.15, 0.2) is 11.5 Å². The molecule has 0 bridgehead atoms. The molecule has 34 heavy (non-hydrogen) atoms. The van der Waals surface area contributed by atoms with Crippen LogP contribution in [0.1, 0.15) is 16.1 Å². The first-order valence-corrected chi connectivity index (χ1v) is 11.0. The van der Waals surface area contributed by atoms with Gasteiger partial charge in [-0.1, -0.05) is 18.2 Å². The number of nitrogens with zero attached hydrogens (tertiary/aromatic N) is 4. The Hall–Kier alpha value is -4.01.